The van der Waals surface area contributed by atoms with Gasteiger partial charge >= 0.3 is 0 Å². The second kappa shape index (κ2) is 14.1. The molecule has 0 aliphatic heterocycles. The first-order valence-corrected chi connectivity index (χ1v) is 19.8. The molecule has 0 saturated heterocycles. The predicted molar refractivity (Wildman–Crippen MR) is 242 cm³/mol. The molecule has 0 fully saturated rings. The Morgan fingerprint density at radius 1 is 0.456 bits per heavy atom. The maximum Gasteiger partial charge on any atom is 0.0991 e. The normalized spacial score (nSPS) is 12.5. The van der Waals surface area contributed by atoms with E-state index in [0.717, 1.165) is 11.1 Å². The summed E-state index contributed by atoms with van der Waals surface area (Å²) in [5, 5.41) is 17.0. The summed E-state index contributed by atoms with van der Waals surface area (Å²) in [6, 6.07) is 63.9. The summed E-state index contributed by atoms with van der Waals surface area (Å²) in [5.41, 5.74) is 17.0. The lowest BCUT2D eigenvalue weighted by Gasteiger charge is -2.22. The maximum absolute atomic E-state index is 9.33. The van der Waals surface area contributed by atoms with Gasteiger partial charge in [0.05, 0.1) is 11.6 Å². The van der Waals surface area contributed by atoms with Gasteiger partial charge < -0.3 is 0 Å². The monoisotopic (exact) mass is 725 g/mol. The van der Waals surface area contributed by atoms with Crippen LogP contribution in [0.2, 0.25) is 0 Å². The molecule has 0 radical (unpaired) electrons. The maximum atomic E-state index is 9.33. The molecule has 1 aliphatic rings. The van der Waals surface area contributed by atoms with Crippen LogP contribution in [0.1, 0.15) is 30.9 Å². The first kappa shape index (κ1) is 34.2. The summed E-state index contributed by atoms with van der Waals surface area (Å²) in [4.78, 5) is 0. The predicted octanol–water partition coefficient (Wildman–Crippen LogP) is 15.6. The lowest BCUT2D eigenvalue weighted by molar-refractivity contribution is 0.984. The highest BCUT2D eigenvalue weighted by Crippen LogP contribution is 2.57. The Bertz CT molecular complexity index is 3140. The summed E-state index contributed by atoms with van der Waals surface area (Å²) in [7, 11) is 0. The third-order valence-electron chi connectivity index (χ3n) is 11.8. The number of nitriles is 1. The summed E-state index contributed by atoms with van der Waals surface area (Å²) in [6.45, 7) is 4.41. The third-order valence-corrected chi connectivity index (χ3v) is 11.8. The van der Waals surface area contributed by atoms with Crippen LogP contribution < -0.4 is 0 Å². The van der Waals surface area contributed by atoms with E-state index >= 15 is 0 Å². The van der Waals surface area contributed by atoms with E-state index in [9.17, 15) is 5.26 Å². The lowest BCUT2D eigenvalue weighted by Crippen LogP contribution is -1.99. The average molecular weight is 726 g/mol. The minimum Gasteiger partial charge on any atom is -0.192 e. The minimum atomic E-state index is 0.204. The van der Waals surface area contributed by atoms with Gasteiger partial charge in [-0.1, -0.05) is 177 Å². The van der Waals surface area contributed by atoms with Gasteiger partial charge in [0, 0.05) is 5.92 Å². The van der Waals surface area contributed by atoms with Crippen LogP contribution >= 0.6 is 0 Å². The second-order valence-electron chi connectivity index (χ2n) is 15.0. The van der Waals surface area contributed by atoms with Crippen molar-refractivity contribution in [2.45, 2.75) is 19.8 Å². The fourth-order valence-corrected chi connectivity index (χ4v) is 9.20. The first-order chi connectivity index (χ1) is 28.1. The van der Waals surface area contributed by atoms with E-state index in [1.807, 2.05) is 24.3 Å². The highest BCUT2D eigenvalue weighted by atomic mass is 14.3. The molecule has 0 N–H and O–H groups in total. The van der Waals surface area contributed by atoms with Crippen molar-refractivity contribution < 1.29 is 0 Å². The van der Waals surface area contributed by atoms with Gasteiger partial charge in [0.2, 0.25) is 0 Å². The molecule has 0 aromatic heterocycles. The van der Waals surface area contributed by atoms with Crippen LogP contribution in [-0.4, -0.2) is 0 Å². The fourth-order valence-electron chi connectivity index (χ4n) is 9.20. The van der Waals surface area contributed by atoms with Crippen molar-refractivity contribution in [1.82, 2.24) is 0 Å². The Kier molecular flexibility index (Phi) is 8.47. The molecule has 10 rings (SSSR count). The number of nitrogens with zero attached hydrogens (tertiary/aromatic N) is 1. The van der Waals surface area contributed by atoms with Crippen LogP contribution in [0.5, 0.6) is 0 Å². The third kappa shape index (κ3) is 5.69. The number of benzene rings is 9. The smallest absolute Gasteiger partial charge is 0.0991 e. The van der Waals surface area contributed by atoms with E-state index in [1.165, 1.54) is 93.5 Å². The zero-order valence-electron chi connectivity index (χ0n) is 32.0. The summed E-state index contributed by atoms with van der Waals surface area (Å²) in [6.07, 6.45) is 8.74. The number of allylic oxidation sites excluding steroid dienone is 4. The van der Waals surface area contributed by atoms with Gasteiger partial charge in [0.15, 0.2) is 0 Å². The van der Waals surface area contributed by atoms with Gasteiger partial charge in [-0.25, -0.2) is 0 Å². The van der Waals surface area contributed by atoms with Crippen molar-refractivity contribution in [2.75, 3.05) is 0 Å². The van der Waals surface area contributed by atoms with E-state index in [1.54, 1.807) is 0 Å². The molecule has 9 aromatic carbocycles. The molecule has 1 nitrogen and oxygen atoms in total. The SMILES string of the molecule is C/C=C\C=C/C(C)c1c2c(c(-c3ccccc3)c3ccccc13)-c1ccc(-c3ccc4cc(-c5ccccc5-c5ccc(C#N)cc5)ccc4c3)c3cccc-2c13. The van der Waals surface area contributed by atoms with Gasteiger partial charge in [0.25, 0.3) is 0 Å². The van der Waals surface area contributed by atoms with E-state index in [-0.39, 0.29) is 5.92 Å². The van der Waals surface area contributed by atoms with Crippen LogP contribution in [-0.2, 0) is 0 Å². The Morgan fingerprint density at radius 2 is 1.04 bits per heavy atom. The first-order valence-electron chi connectivity index (χ1n) is 19.8. The molecule has 9 aromatic rings. The van der Waals surface area contributed by atoms with E-state index in [4.69, 9.17) is 0 Å². The number of hydrogen-bond acceptors (Lipinski definition) is 1. The molecule has 1 unspecified atom stereocenters. The summed E-state index contributed by atoms with van der Waals surface area (Å²) in [5.74, 6) is 0.204. The molecule has 0 amide bonds. The summed E-state index contributed by atoms with van der Waals surface area (Å²) < 4.78 is 0. The lowest BCUT2D eigenvalue weighted by atomic mass is 9.81. The van der Waals surface area contributed by atoms with Crippen molar-refractivity contribution in [2.24, 2.45) is 0 Å². The van der Waals surface area contributed by atoms with Crippen molar-refractivity contribution >= 4 is 32.3 Å². The summed E-state index contributed by atoms with van der Waals surface area (Å²) >= 11 is 0. The van der Waals surface area contributed by atoms with Crippen LogP contribution in [0.3, 0.4) is 0 Å². The topological polar surface area (TPSA) is 23.8 Å². The Hall–Kier alpha value is -7.27. The van der Waals surface area contributed by atoms with Crippen molar-refractivity contribution in [3.63, 3.8) is 0 Å². The van der Waals surface area contributed by atoms with Crippen LogP contribution in [0, 0.1) is 11.3 Å². The van der Waals surface area contributed by atoms with Gasteiger partial charge in [-0.2, -0.15) is 5.26 Å². The molecule has 57 heavy (non-hydrogen) atoms. The molecule has 1 atom stereocenters. The van der Waals surface area contributed by atoms with Gasteiger partial charge in [-0.05, 0) is 136 Å². The zero-order chi connectivity index (χ0) is 38.5. The highest BCUT2D eigenvalue weighted by Gasteiger charge is 2.31. The Balaban J connectivity index is 1.13. The minimum absolute atomic E-state index is 0.204. The molecular formula is C56H39N. The van der Waals surface area contributed by atoms with Gasteiger partial charge in [-0.3, -0.25) is 0 Å². The standard InChI is InChI=1S/C56H39N/c1-3-4-6-14-36(2)52-48-19-11-12-20-49(48)53(39-15-7-5-8-16-39)56-51-32-31-46(47-21-13-22-50(54(47)51)55(52)56)43-30-28-40-33-42(29-27-41(40)34-43)45-18-10-9-17-44(45)38-25-23-37(35-57)24-26-38/h3-34,36H,1-2H3/b4-3-,14-6-. The number of fused-ring (bicyclic) bond motifs is 5. The average Bonchev–Trinajstić information content (AvgIpc) is 3.60. The van der Waals surface area contributed by atoms with Crippen molar-refractivity contribution in [3.8, 4) is 72.8 Å². The van der Waals surface area contributed by atoms with Crippen LogP contribution in [0.4, 0.5) is 0 Å². The molecule has 1 aliphatic carbocycles. The zero-order valence-corrected chi connectivity index (χ0v) is 32.0. The molecule has 0 heterocycles. The molecular weight excluding hydrogens is 687 g/mol. The number of rotatable bonds is 7. The second-order valence-corrected chi connectivity index (χ2v) is 15.0. The quantitative estimate of drug-likeness (QED) is 0.150. The van der Waals surface area contributed by atoms with Crippen LogP contribution in [0.25, 0.3) is 99.1 Å². The fraction of sp³-hybridized carbons (Fsp3) is 0.0536. The number of hydrogen-bond donors (Lipinski definition) is 0. The molecule has 0 bridgehead atoms. The van der Waals surface area contributed by atoms with Crippen LogP contribution in [0.15, 0.2) is 194 Å². The van der Waals surface area contributed by atoms with Crippen molar-refractivity contribution in [3.05, 3.63) is 205 Å². The molecule has 0 spiro atoms. The van der Waals surface area contributed by atoms with Gasteiger partial charge in [-0.15, -0.1) is 0 Å². The largest absolute Gasteiger partial charge is 0.192 e. The van der Waals surface area contributed by atoms with Gasteiger partial charge in [0.1, 0.15) is 0 Å². The van der Waals surface area contributed by atoms with E-state index in [2.05, 4.69) is 190 Å². The van der Waals surface area contributed by atoms with E-state index < -0.39 is 0 Å². The molecule has 268 valence electrons. The molecule has 0 saturated carbocycles. The molecule has 1 heteroatoms. The van der Waals surface area contributed by atoms with E-state index in [0.29, 0.717) is 5.56 Å². The Labute approximate surface area is 334 Å². The highest BCUT2D eigenvalue weighted by molar-refractivity contribution is 6.26. The van der Waals surface area contributed by atoms with Crippen molar-refractivity contribution in [1.29, 1.82) is 5.26 Å². The Morgan fingerprint density at radius 3 is 1.75 bits per heavy atom.